The highest BCUT2D eigenvalue weighted by molar-refractivity contribution is 8.00. The van der Waals surface area contributed by atoms with Gasteiger partial charge in [0.1, 0.15) is 18.1 Å². The van der Waals surface area contributed by atoms with Gasteiger partial charge >= 0.3 is 5.97 Å². The average molecular weight is 328 g/mol. The van der Waals surface area contributed by atoms with E-state index in [9.17, 15) is 4.79 Å². The second-order valence-corrected chi connectivity index (χ2v) is 6.50. The highest BCUT2D eigenvalue weighted by Crippen LogP contribution is 2.27. The van der Waals surface area contributed by atoms with Crippen LogP contribution in [-0.4, -0.2) is 17.8 Å². The van der Waals surface area contributed by atoms with Gasteiger partial charge in [-0.05, 0) is 43.3 Å². The predicted molar refractivity (Wildman–Crippen MR) is 94.1 cm³/mol. The van der Waals surface area contributed by atoms with E-state index in [1.54, 1.807) is 17.8 Å². The van der Waals surface area contributed by atoms with Crippen LogP contribution in [0.2, 0.25) is 0 Å². The van der Waals surface area contributed by atoms with E-state index >= 15 is 0 Å². The van der Waals surface area contributed by atoms with E-state index in [0.29, 0.717) is 6.61 Å². The molecule has 0 aromatic heterocycles. The zero-order chi connectivity index (χ0) is 16.5. The Morgan fingerprint density at radius 1 is 1.13 bits per heavy atom. The molecule has 4 heteroatoms. The first-order chi connectivity index (χ1) is 11.2. The molecule has 3 nitrogen and oxygen atoms in total. The number of ether oxygens (including phenoxy) is 2. The molecule has 1 unspecified atom stereocenters. The van der Waals surface area contributed by atoms with Crippen molar-refractivity contribution in [3.63, 3.8) is 0 Å². The maximum atomic E-state index is 11.3. The lowest BCUT2D eigenvalue weighted by Crippen LogP contribution is -2.12. The Labute approximate surface area is 141 Å². The van der Waals surface area contributed by atoms with E-state index in [0.717, 1.165) is 16.4 Å². The van der Waals surface area contributed by atoms with Crippen molar-refractivity contribution in [2.45, 2.75) is 23.5 Å². The number of para-hydroxylation sites is 1. The molecular weight excluding hydrogens is 308 g/mol. The molecule has 0 bridgehead atoms. The van der Waals surface area contributed by atoms with E-state index in [1.807, 2.05) is 61.5 Å². The molecule has 0 amide bonds. The van der Waals surface area contributed by atoms with Gasteiger partial charge in [-0.2, -0.15) is 0 Å². The fourth-order valence-corrected chi connectivity index (χ4v) is 2.76. The normalized spacial score (nSPS) is 11.5. The highest BCUT2D eigenvalue weighted by atomic mass is 32.2. The van der Waals surface area contributed by atoms with Crippen molar-refractivity contribution >= 4 is 17.7 Å². The van der Waals surface area contributed by atoms with Crippen LogP contribution < -0.4 is 4.74 Å². The minimum Gasteiger partial charge on any atom is -0.464 e. The molecule has 0 heterocycles. The van der Waals surface area contributed by atoms with Gasteiger partial charge < -0.3 is 9.47 Å². The van der Waals surface area contributed by atoms with Gasteiger partial charge in [0.05, 0.1) is 6.42 Å². The zero-order valence-electron chi connectivity index (χ0n) is 13.1. The van der Waals surface area contributed by atoms with Gasteiger partial charge in [0.25, 0.3) is 0 Å². The van der Waals surface area contributed by atoms with Crippen LogP contribution in [0.15, 0.2) is 72.1 Å². The van der Waals surface area contributed by atoms with Crippen LogP contribution in [0.3, 0.4) is 0 Å². The van der Waals surface area contributed by atoms with Crippen molar-refractivity contribution in [1.82, 2.24) is 0 Å². The first kappa shape index (κ1) is 17.2. The molecule has 0 aliphatic heterocycles. The Kier molecular flexibility index (Phi) is 6.76. The Morgan fingerprint density at radius 3 is 2.43 bits per heavy atom. The SMILES string of the molecule is C=CCC(=O)OCC(C)Sc1ccc(Oc2ccccc2)cc1. The fourth-order valence-electron chi connectivity index (χ4n) is 1.86. The predicted octanol–water partition coefficient (Wildman–Crippen LogP) is 5.08. The number of rotatable bonds is 8. The number of hydrogen-bond acceptors (Lipinski definition) is 4. The Hall–Kier alpha value is -2.20. The van der Waals surface area contributed by atoms with Crippen LogP contribution >= 0.6 is 11.8 Å². The van der Waals surface area contributed by atoms with Gasteiger partial charge in [-0.25, -0.2) is 0 Å². The van der Waals surface area contributed by atoms with Crippen LogP contribution in [0.25, 0.3) is 0 Å². The molecular formula is C19H20O3S. The van der Waals surface area contributed by atoms with Crippen LogP contribution in [0.1, 0.15) is 13.3 Å². The molecule has 0 fully saturated rings. The van der Waals surface area contributed by atoms with E-state index in [2.05, 4.69) is 6.58 Å². The van der Waals surface area contributed by atoms with Crippen molar-refractivity contribution in [2.75, 3.05) is 6.61 Å². The monoisotopic (exact) mass is 328 g/mol. The van der Waals surface area contributed by atoms with Gasteiger partial charge in [-0.3, -0.25) is 4.79 Å². The van der Waals surface area contributed by atoms with Crippen molar-refractivity contribution < 1.29 is 14.3 Å². The highest BCUT2D eigenvalue weighted by Gasteiger charge is 2.08. The molecule has 23 heavy (non-hydrogen) atoms. The summed E-state index contributed by atoms with van der Waals surface area (Å²) in [6.45, 7) is 5.93. The topological polar surface area (TPSA) is 35.5 Å². The first-order valence-electron chi connectivity index (χ1n) is 7.43. The fraction of sp³-hybridized carbons (Fsp3) is 0.211. The van der Waals surface area contributed by atoms with Gasteiger partial charge in [-0.1, -0.05) is 24.3 Å². The summed E-state index contributed by atoms with van der Waals surface area (Å²) in [5, 5.41) is 0.185. The second-order valence-electron chi connectivity index (χ2n) is 4.99. The summed E-state index contributed by atoms with van der Waals surface area (Å²) in [5.41, 5.74) is 0. The minimum absolute atomic E-state index is 0.185. The summed E-state index contributed by atoms with van der Waals surface area (Å²) >= 11 is 1.66. The lowest BCUT2D eigenvalue weighted by Gasteiger charge is -2.12. The number of thioether (sulfide) groups is 1. The van der Waals surface area contributed by atoms with Crippen molar-refractivity contribution in [3.05, 3.63) is 67.3 Å². The largest absolute Gasteiger partial charge is 0.464 e. The smallest absolute Gasteiger partial charge is 0.309 e. The maximum absolute atomic E-state index is 11.3. The van der Waals surface area contributed by atoms with Crippen molar-refractivity contribution in [2.24, 2.45) is 0 Å². The summed E-state index contributed by atoms with van der Waals surface area (Å²) in [5.74, 6) is 1.38. The minimum atomic E-state index is -0.237. The molecule has 0 radical (unpaired) electrons. The molecule has 0 saturated carbocycles. The van der Waals surface area contributed by atoms with Gasteiger partial charge in [-0.15, -0.1) is 18.3 Å². The molecule has 120 valence electrons. The van der Waals surface area contributed by atoms with E-state index in [4.69, 9.17) is 9.47 Å². The molecule has 0 saturated heterocycles. The van der Waals surface area contributed by atoms with Crippen molar-refractivity contribution in [1.29, 1.82) is 0 Å². The summed E-state index contributed by atoms with van der Waals surface area (Å²) in [6.07, 6.45) is 1.80. The van der Waals surface area contributed by atoms with Crippen LogP contribution in [0.5, 0.6) is 11.5 Å². The Balaban J connectivity index is 1.82. The molecule has 2 aromatic carbocycles. The van der Waals surface area contributed by atoms with Crippen LogP contribution in [0.4, 0.5) is 0 Å². The lowest BCUT2D eigenvalue weighted by atomic mass is 10.3. The van der Waals surface area contributed by atoms with Gasteiger partial charge in [0.15, 0.2) is 0 Å². The number of hydrogen-bond donors (Lipinski definition) is 0. The molecule has 2 aromatic rings. The summed E-state index contributed by atoms with van der Waals surface area (Å²) in [6, 6.07) is 17.6. The molecule has 0 N–H and O–H groups in total. The zero-order valence-corrected chi connectivity index (χ0v) is 13.9. The quantitative estimate of drug-likeness (QED) is 0.385. The number of carbonyl (C=O) groups excluding carboxylic acids is 1. The van der Waals surface area contributed by atoms with E-state index in [-0.39, 0.29) is 17.6 Å². The Bertz CT molecular complexity index is 623. The molecule has 0 spiro atoms. The summed E-state index contributed by atoms with van der Waals surface area (Å²) in [4.78, 5) is 12.4. The number of esters is 1. The third kappa shape index (κ3) is 6.20. The number of benzene rings is 2. The second kappa shape index (κ2) is 9.06. The summed E-state index contributed by atoms with van der Waals surface area (Å²) < 4.78 is 10.9. The summed E-state index contributed by atoms with van der Waals surface area (Å²) in [7, 11) is 0. The maximum Gasteiger partial charge on any atom is 0.309 e. The van der Waals surface area contributed by atoms with Crippen LogP contribution in [-0.2, 0) is 9.53 Å². The van der Waals surface area contributed by atoms with Crippen molar-refractivity contribution in [3.8, 4) is 11.5 Å². The molecule has 1 atom stereocenters. The van der Waals surface area contributed by atoms with Crippen LogP contribution in [0, 0.1) is 0 Å². The standard InChI is InChI=1S/C19H20O3S/c1-3-7-19(20)21-14-15(2)23-18-12-10-17(11-13-18)22-16-8-5-4-6-9-16/h3-6,8-13,15H,1,7,14H2,2H3. The molecule has 0 aliphatic rings. The first-order valence-corrected chi connectivity index (χ1v) is 8.31. The third-order valence-electron chi connectivity index (χ3n) is 2.93. The van der Waals surface area contributed by atoms with E-state index in [1.165, 1.54) is 0 Å². The van der Waals surface area contributed by atoms with E-state index < -0.39 is 0 Å². The molecule has 2 rings (SSSR count). The third-order valence-corrected chi connectivity index (χ3v) is 4.01. The Morgan fingerprint density at radius 2 is 1.78 bits per heavy atom. The van der Waals surface area contributed by atoms with Gasteiger partial charge in [0, 0.05) is 10.1 Å². The lowest BCUT2D eigenvalue weighted by molar-refractivity contribution is -0.142. The van der Waals surface area contributed by atoms with Gasteiger partial charge in [0.2, 0.25) is 0 Å². The average Bonchev–Trinajstić information content (AvgIpc) is 2.56. The molecule has 0 aliphatic carbocycles. The number of carbonyl (C=O) groups is 1.